The normalized spacial score (nSPS) is 27.6. The molecule has 1 aliphatic rings. The third kappa shape index (κ3) is 2.61. The minimum Gasteiger partial charge on any atom is -0.314 e. The molecule has 0 aromatic carbocycles. The molecule has 1 aliphatic heterocycles. The van der Waals surface area contributed by atoms with E-state index in [4.69, 9.17) is 11.6 Å². The highest BCUT2D eigenvalue weighted by Gasteiger charge is 2.30. The first-order chi connectivity index (χ1) is 5.67. The van der Waals surface area contributed by atoms with Gasteiger partial charge in [0.2, 0.25) is 0 Å². The van der Waals surface area contributed by atoms with Gasteiger partial charge in [-0.2, -0.15) is 0 Å². The molecule has 0 unspecified atom stereocenters. The summed E-state index contributed by atoms with van der Waals surface area (Å²) < 4.78 is 22.6. The zero-order chi connectivity index (χ0) is 9.03. The molecule has 3 nitrogen and oxygen atoms in total. The van der Waals surface area contributed by atoms with E-state index < -0.39 is 9.84 Å². The van der Waals surface area contributed by atoms with Gasteiger partial charge >= 0.3 is 0 Å². The van der Waals surface area contributed by atoms with Crippen LogP contribution < -0.4 is 5.32 Å². The fraction of sp³-hybridized carbons (Fsp3) is 1.00. The molecule has 1 N–H and O–H groups in total. The maximum Gasteiger partial charge on any atom is 0.154 e. The molecule has 0 saturated carbocycles. The molecule has 72 valence electrons. The smallest absolute Gasteiger partial charge is 0.154 e. The highest BCUT2D eigenvalue weighted by atomic mass is 35.5. The molecular weight excluding hydrogens is 198 g/mol. The third-order valence-electron chi connectivity index (χ3n) is 2.11. The summed E-state index contributed by atoms with van der Waals surface area (Å²) in [6.07, 6.45) is 1.62. The standard InChI is InChI=1S/C7H14ClNO2S/c8-3-4-9-6-7-2-1-5-12(7,10)11/h7,9H,1-6H2/t7-/m0/s1. The van der Waals surface area contributed by atoms with Gasteiger partial charge in [-0.3, -0.25) is 0 Å². The molecule has 0 bridgehead atoms. The molecule has 0 radical (unpaired) electrons. The van der Waals surface area contributed by atoms with Crippen LogP contribution >= 0.6 is 11.6 Å². The van der Waals surface area contributed by atoms with Gasteiger partial charge in [0.25, 0.3) is 0 Å². The quantitative estimate of drug-likeness (QED) is 0.541. The second-order valence-corrected chi connectivity index (χ2v) is 5.80. The maximum atomic E-state index is 11.3. The van der Waals surface area contributed by atoms with Crippen molar-refractivity contribution in [2.75, 3.05) is 24.7 Å². The zero-order valence-electron chi connectivity index (χ0n) is 6.92. The summed E-state index contributed by atoms with van der Waals surface area (Å²) in [5.41, 5.74) is 0. The van der Waals surface area contributed by atoms with Crippen molar-refractivity contribution in [3.8, 4) is 0 Å². The van der Waals surface area contributed by atoms with Crippen LogP contribution in [0.15, 0.2) is 0 Å². The van der Waals surface area contributed by atoms with Crippen molar-refractivity contribution in [1.29, 1.82) is 0 Å². The summed E-state index contributed by atoms with van der Waals surface area (Å²) >= 11 is 5.45. The highest BCUT2D eigenvalue weighted by molar-refractivity contribution is 7.92. The van der Waals surface area contributed by atoms with Gasteiger partial charge in [-0.15, -0.1) is 11.6 Å². The van der Waals surface area contributed by atoms with Crippen molar-refractivity contribution < 1.29 is 8.42 Å². The topological polar surface area (TPSA) is 46.2 Å². The summed E-state index contributed by atoms with van der Waals surface area (Å²) in [5, 5.41) is 2.86. The lowest BCUT2D eigenvalue weighted by Crippen LogP contribution is -2.31. The lowest BCUT2D eigenvalue weighted by molar-refractivity contribution is 0.578. The van der Waals surface area contributed by atoms with E-state index in [0.717, 1.165) is 12.8 Å². The molecular formula is C7H14ClNO2S. The van der Waals surface area contributed by atoms with E-state index in [-0.39, 0.29) is 5.25 Å². The summed E-state index contributed by atoms with van der Waals surface area (Å²) in [5.74, 6) is 0.896. The van der Waals surface area contributed by atoms with Crippen molar-refractivity contribution in [3.63, 3.8) is 0 Å². The monoisotopic (exact) mass is 211 g/mol. The van der Waals surface area contributed by atoms with E-state index in [1.165, 1.54) is 0 Å². The Morgan fingerprint density at radius 3 is 2.75 bits per heavy atom. The van der Waals surface area contributed by atoms with Gasteiger partial charge in [0.1, 0.15) is 0 Å². The van der Waals surface area contributed by atoms with Gasteiger partial charge in [-0.05, 0) is 12.8 Å². The number of sulfone groups is 1. The summed E-state index contributed by atoms with van der Waals surface area (Å²) in [4.78, 5) is 0. The average molecular weight is 212 g/mol. The SMILES string of the molecule is O=S1(=O)CCC[C@H]1CNCCCl. The third-order valence-corrected chi connectivity index (χ3v) is 4.57. The zero-order valence-corrected chi connectivity index (χ0v) is 8.50. The largest absolute Gasteiger partial charge is 0.314 e. The fourth-order valence-electron chi connectivity index (χ4n) is 1.42. The van der Waals surface area contributed by atoms with Gasteiger partial charge in [-0.1, -0.05) is 0 Å². The van der Waals surface area contributed by atoms with E-state index in [2.05, 4.69) is 5.32 Å². The molecule has 12 heavy (non-hydrogen) atoms. The molecule has 0 aromatic rings. The molecule has 1 rings (SSSR count). The minimum atomic E-state index is -2.77. The van der Waals surface area contributed by atoms with Crippen molar-refractivity contribution in [3.05, 3.63) is 0 Å². The van der Waals surface area contributed by atoms with Crippen molar-refractivity contribution >= 4 is 21.4 Å². The Kier molecular flexibility index (Phi) is 3.80. The molecule has 1 atom stereocenters. The van der Waals surface area contributed by atoms with Gasteiger partial charge < -0.3 is 5.32 Å². The number of halogens is 1. The van der Waals surface area contributed by atoms with Crippen LogP contribution in [0.1, 0.15) is 12.8 Å². The molecule has 0 aliphatic carbocycles. The van der Waals surface area contributed by atoms with Crippen molar-refractivity contribution in [2.45, 2.75) is 18.1 Å². The lowest BCUT2D eigenvalue weighted by atomic mass is 10.2. The van der Waals surface area contributed by atoms with Crippen LogP contribution in [0.4, 0.5) is 0 Å². The number of hydrogen-bond donors (Lipinski definition) is 1. The highest BCUT2D eigenvalue weighted by Crippen LogP contribution is 2.18. The molecule has 0 amide bonds. The Morgan fingerprint density at radius 2 is 2.25 bits per heavy atom. The predicted molar refractivity (Wildman–Crippen MR) is 50.4 cm³/mol. The molecule has 0 aromatic heterocycles. The van der Waals surface area contributed by atoms with Crippen LogP contribution in [0.2, 0.25) is 0 Å². The first-order valence-electron chi connectivity index (χ1n) is 4.15. The van der Waals surface area contributed by atoms with Crippen molar-refractivity contribution in [2.24, 2.45) is 0 Å². The van der Waals surface area contributed by atoms with E-state index in [1.807, 2.05) is 0 Å². The molecule has 0 spiro atoms. The Hall–Kier alpha value is 0.200. The van der Waals surface area contributed by atoms with Crippen LogP contribution in [0.5, 0.6) is 0 Å². The molecule has 1 saturated heterocycles. The first kappa shape index (κ1) is 10.3. The summed E-state index contributed by atoms with van der Waals surface area (Å²) in [6.45, 7) is 1.25. The average Bonchev–Trinajstić information content (AvgIpc) is 2.32. The second kappa shape index (κ2) is 4.44. The van der Waals surface area contributed by atoms with E-state index in [9.17, 15) is 8.42 Å². The molecule has 5 heteroatoms. The Balaban J connectivity index is 2.32. The number of hydrogen-bond acceptors (Lipinski definition) is 3. The van der Waals surface area contributed by atoms with E-state index >= 15 is 0 Å². The van der Waals surface area contributed by atoms with Gasteiger partial charge in [0, 0.05) is 19.0 Å². The van der Waals surface area contributed by atoms with Crippen LogP contribution in [-0.2, 0) is 9.84 Å². The minimum absolute atomic E-state index is 0.166. The Labute approximate surface area is 78.4 Å². The van der Waals surface area contributed by atoms with Crippen molar-refractivity contribution in [1.82, 2.24) is 5.32 Å². The summed E-state index contributed by atoms with van der Waals surface area (Å²) in [7, 11) is -2.77. The van der Waals surface area contributed by atoms with Crippen LogP contribution in [0, 0.1) is 0 Å². The molecule has 1 fully saturated rings. The number of rotatable bonds is 4. The van der Waals surface area contributed by atoms with Crippen LogP contribution in [0.3, 0.4) is 0 Å². The number of alkyl halides is 1. The maximum absolute atomic E-state index is 11.3. The van der Waals surface area contributed by atoms with Crippen LogP contribution in [0.25, 0.3) is 0 Å². The van der Waals surface area contributed by atoms with Gasteiger partial charge in [-0.25, -0.2) is 8.42 Å². The van der Waals surface area contributed by atoms with Gasteiger partial charge in [0.05, 0.1) is 11.0 Å². The summed E-state index contributed by atoms with van der Waals surface area (Å²) in [6, 6.07) is 0. The van der Waals surface area contributed by atoms with Crippen LogP contribution in [-0.4, -0.2) is 38.4 Å². The van der Waals surface area contributed by atoms with Gasteiger partial charge in [0.15, 0.2) is 9.84 Å². The fourth-order valence-corrected chi connectivity index (χ4v) is 3.35. The second-order valence-electron chi connectivity index (χ2n) is 3.02. The van der Waals surface area contributed by atoms with E-state index in [1.54, 1.807) is 0 Å². The molecule has 1 heterocycles. The number of nitrogens with one attached hydrogen (secondary N) is 1. The first-order valence-corrected chi connectivity index (χ1v) is 6.40. The Morgan fingerprint density at radius 1 is 1.50 bits per heavy atom. The Bertz CT molecular complexity index is 228. The lowest BCUT2D eigenvalue weighted by Gasteiger charge is -2.08. The predicted octanol–water partition coefficient (Wildman–Crippen LogP) is 0.392. The van der Waals surface area contributed by atoms with E-state index in [0.29, 0.717) is 24.7 Å².